The average molecular weight is 462 g/mol. The lowest BCUT2D eigenvalue weighted by Gasteiger charge is -2.26. The van der Waals surface area contributed by atoms with Gasteiger partial charge in [0.2, 0.25) is 0 Å². The molecule has 172 valence electrons. The minimum Gasteiger partial charge on any atom is -0.406 e. The van der Waals surface area contributed by atoms with Crippen LogP contribution in [0.3, 0.4) is 0 Å². The smallest absolute Gasteiger partial charge is 0.406 e. The highest BCUT2D eigenvalue weighted by atomic mass is 19.4. The molecule has 0 aromatic heterocycles. The Labute approximate surface area is 195 Å². The molecule has 0 fully saturated rings. The summed E-state index contributed by atoms with van der Waals surface area (Å²) in [5.74, 6) is -0.493. The Morgan fingerprint density at radius 3 is 2.38 bits per heavy atom. The van der Waals surface area contributed by atoms with Gasteiger partial charge in [-0.3, -0.25) is 9.69 Å². The average Bonchev–Trinajstić information content (AvgIpc) is 3.14. The van der Waals surface area contributed by atoms with Crippen molar-refractivity contribution in [3.63, 3.8) is 0 Å². The minimum absolute atomic E-state index is 0.0707. The maximum Gasteiger partial charge on any atom is 0.573 e. The van der Waals surface area contributed by atoms with E-state index < -0.39 is 12.4 Å². The Balaban J connectivity index is 1.70. The first-order valence-electron chi connectivity index (χ1n) is 10.7. The molecule has 0 unspecified atom stereocenters. The molecule has 0 N–H and O–H groups in total. The third-order valence-corrected chi connectivity index (χ3v) is 5.72. The highest BCUT2D eigenvalue weighted by molar-refractivity contribution is 6.09. The van der Waals surface area contributed by atoms with Crippen molar-refractivity contribution in [2.75, 3.05) is 4.90 Å². The van der Waals surface area contributed by atoms with E-state index in [0.29, 0.717) is 28.9 Å². The van der Waals surface area contributed by atoms with Crippen LogP contribution in [0.25, 0.3) is 4.85 Å². The van der Waals surface area contributed by atoms with Crippen LogP contribution in [0.2, 0.25) is 0 Å². The third kappa shape index (κ3) is 5.12. The van der Waals surface area contributed by atoms with Crippen molar-refractivity contribution in [2.24, 2.45) is 0 Å². The van der Waals surface area contributed by atoms with Crippen LogP contribution in [-0.4, -0.2) is 12.3 Å². The second kappa shape index (κ2) is 9.44. The molecule has 1 aliphatic rings. The number of alkyl halides is 3. The normalized spacial score (nSPS) is 16.7. The first-order valence-corrected chi connectivity index (χ1v) is 10.7. The van der Waals surface area contributed by atoms with Gasteiger partial charge in [0.25, 0.3) is 5.91 Å². The van der Waals surface area contributed by atoms with E-state index >= 15 is 0 Å². The largest absolute Gasteiger partial charge is 0.573 e. The minimum atomic E-state index is -4.81. The van der Waals surface area contributed by atoms with Crippen molar-refractivity contribution in [1.29, 1.82) is 0 Å². The summed E-state index contributed by atoms with van der Waals surface area (Å²) in [5, 5.41) is 0. The number of halogens is 3. The second-order valence-electron chi connectivity index (χ2n) is 8.08. The number of hydrogen-bond acceptors (Lipinski definition) is 2. The summed E-state index contributed by atoms with van der Waals surface area (Å²) in [4.78, 5) is 18.4. The lowest BCUT2D eigenvalue weighted by atomic mass is 9.93. The topological polar surface area (TPSA) is 33.9 Å². The Morgan fingerprint density at radius 1 is 1.03 bits per heavy atom. The van der Waals surface area contributed by atoms with Crippen molar-refractivity contribution in [3.05, 3.63) is 113 Å². The molecular weight excluding hydrogens is 441 g/mol. The fourth-order valence-electron chi connectivity index (χ4n) is 4.11. The van der Waals surface area contributed by atoms with Crippen LogP contribution in [0.4, 0.5) is 24.5 Å². The SMILES string of the molecule is [C-]#[N+]c1ccc(N2C(=O)C(C[C@H](C)c3ccccc3)=C[C@H]2c2cccc(OC(F)(F)F)c2)cc1. The summed E-state index contributed by atoms with van der Waals surface area (Å²) >= 11 is 0. The zero-order valence-electron chi connectivity index (χ0n) is 18.3. The van der Waals surface area contributed by atoms with Gasteiger partial charge in [0.15, 0.2) is 5.69 Å². The number of rotatable bonds is 6. The predicted molar refractivity (Wildman–Crippen MR) is 124 cm³/mol. The molecule has 3 aromatic rings. The number of anilines is 1. The molecule has 3 aromatic carbocycles. The molecule has 1 aliphatic heterocycles. The summed E-state index contributed by atoms with van der Waals surface area (Å²) in [6, 6.07) is 21.4. The van der Waals surface area contributed by atoms with E-state index in [9.17, 15) is 18.0 Å². The van der Waals surface area contributed by atoms with Crippen LogP contribution in [0.5, 0.6) is 5.75 Å². The summed E-state index contributed by atoms with van der Waals surface area (Å²) < 4.78 is 42.4. The Kier molecular flexibility index (Phi) is 6.42. The number of carbonyl (C=O) groups is 1. The van der Waals surface area contributed by atoms with E-state index in [2.05, 4.69) is 9.58 Å². The molecule has 0 saturated carbocycles. The van der Waals surface area contributed by atoms with E-state index in [1.165, 1.54) is 18.2 Å². The molecule has 0 saturated heterocycles. The zero-order chi connectivity index (χ0) is 24.3. The lowest BCUT2D eigenvalue weighted by molar-refractivity contribution is -0.274. The molecular formula is C27H21F3N2O2. The van der Waals surface area contributed by atoms with Crippen LogP contribution in [0.1, 0.15) is 36.4 Å². The molecule has 0 spiro atoms. The van der Waals surface area contributed by atoms with E-state index in [0.717, 1.165) is 5.56 Å². The third-order valence-electron chi connectivity index (χ3n) is 5.72. The van der Waals surface area contributed by atoms with Crippen LogP contribution in [0, 0.1) is 6.57 Å². The molecule has 1 heterocycles. The van der Waals surface area contributed by atoms with Gasteiger partial charge in [-0.15, -0.1) is 13.2 Å². The number of nitrogens with zero attached hydrogens (tertiary/aromatic N) is 2. The standard InChI is InChI=1S/C27H21F3N2O2/c1-18(19-7-4-3-5-8-19)15-21-17-25(20-9-6-10-24(16-20)34-27(28,29)30)32(26(21)33)23-13-11-22(31-2)12-14-23/h3-14,16-18,25H,15H2,1H3/t18-,25-/m0/s1. The van der Waals surface area contributed by atoms with Gasteiger partial charge in [-0.1, -0.05) is 61.5 Å². The molecule has 0 aliphatic carbocycles. The fourth-order valence-corrected chi connectivity index (χ4v) is 4.11. The van der Waals surface area contributed by atoms with E-state index in [1.807, 2.05) is 37.3 Å². The molecule has 1 amide bonds. The number of amides is 1. The van der Waals surface area contributed by atoms with Gasteiger partial charge in [-0.2, -0.15) is 0 Å². The van der Waals surface area contributed by atoms with E-state index in [1.54, 1.807) is 41.3 Å². The summed E-state index contributed by atoms with van der Waals surface area (Å²) in [7, 11) is 0. The Bertz CT molecular complexity index is 1250. The summed E-state index contributed by atoms with van der Waals surface area (Å²) in [5.41, 5.74) is 3.15. The number of ether oxygens (including phenoxy) is 1. The van der Waals surface area contributed by atoms with Crippen molar-refractivity contribution in [1.82, 2.24) is 0 Å². The van der Waals surface area contributed by atoms with E-state index in [4.69, 9.17) is 6.57 Å². The number of benzene rings is 3. The summed E-state index contributed by atoms with van der Waals surface area (Å²) in [6.45, 7) is 9.18. The predicted octanol–water partition coefficient (Wildman–Crippen LogP) is 7.34. The van der Waals surface area contributed by atoms with Crippen LogP contribution < -0.4 is 9.64 Å². The quantitative estimate of drug-likeness (QED) is 0.359. The lowest BCUT2D eigenvalue weighted by Crippen LogP contribution is -2.29. The second-order valence-corrected chi connectivity index (χ2v) is 8.08. The zero-order valence-corrected chi connectivity index (χ0v) is 18.3. The van der Waals surface area contributed by atoms with Crippen molar-refractivity contribution >= 4 is 17.3 Å². The molecule has 7 heteroatoms. The maximum absolute atomic E-state index is 13.5. The fraction of sp³-hybridized carbons (Fsp3) is 0.185. The van der Waals surface area contributed by atoms with Crippen LogP contribution in [0.15, 0.2) is 90.5 Å². The van der Waals surface area contributed by atoms with Gasteiger partial charge in [0, 0.05) is 11.3 Å². The molecule has 34 heavy (non-hydrogen) atoms. The monoisotopic (exact) mass is 462 g/mol. The Morgan fingerprint density at radius 2 is 1.74 bits per heavy atom. The summed E-state index contributed by atoms with van der Waals surface area (Å²) in [6.07, 6.45) is -2.53. The van der Waals surface area contributed by atoms with Gasteiger partial charge >= 0.3 is 6.36 Å². The van der Waals surface area contributed by atoms with Gasteiger partial charge in [0.05, 0.1) is 12.6 Å². The highest BCUT2D eigenvalue weighted by Gasteiger charge is 2.36. The first-order chi connectivity index (χ1) is 16.2. The molecule has 0 bridgehead atoms. The molecule has 4 rings (SSSR count). The number of carbonyl (C=O) groups excluding carboxylic acids is 1. The molecule has 2 atom stereocenters. The van der Waals surface area contributed by atoms with Crippen LogP contribution in [-0.2, 0) is 4.79 Å². The molecule has 4 nitrogen and oxygen atoms in total. The van der Waals surface area contributed by atoms with Gasteiger partial charge in [-0.05, 0) is 53.8 Å². The first kappa shape index (κ1) is 23.1. The van der Waals surface area contributed by atoms with Crippen molar-refractivity contribution < 1.29 is 22.7 Å². The highest BCUT2D eigenvalue weighted by Crippen LogP contribution is 2.40. The van der Waals surface area contributed by atoms with Crippen molar-refractivity contribution in [2.45, 2.75) is 31.7 Å². The van der Waals surface area contributed by atoms with E-state index in [-0.39, 0.29) is 17.6 Å². The molecule has 0 radical (unpaired) electrons. The van der Waals surface area contributed by atoms with Gasteiger partial charge < -0.3 is 4.74 Å². The number of hydrogen-bond donors (Lipinski definition) is 0. The maximum atomic E-state index is 13.5. The van der Waals surface area contributed by atoms with Crippen molar-refractivity contribution in [3.8, 4) is 5.75 Å². The Hall–Kier alpha value is -4.05. The van der Waals surface area contributed by atoms with Gasteiger partial charge in [0.1, 0.15) is 5.75 Å². The van der Waals surface area contributed by atoms with Crippen LogP contribution >= 0.6 is 0 Å². The van der Waals surface area contributed by atoms with Gasteiger partial charge in [-0.25, -0.2) is 4.85 Å².